The maximum absolute atomic E-state index is 11.7. The van der Waals surface area contributed by atoms with Crippen molar-refractivity contribution in [3.63, 3.8) is 0 Å². The van der Waals surface area contributed by atoms with Crippen molar-refractivity contribution in [3.05, 3.63) is 23.8 Å². The molecule has 0 fully saturated rings. The van der Waals surface area contributed by atoms with Gasteiger partial charge in [-0.2, -0.15) is 0 Å². The molecule has 1 unspecified atom stereocenters. The van der Waals surface area contributed by atoms with Crippen LogP contribution in [0.2, 0.25) is 0 Å². The molecule has 1 rings (SSSR count). The van der Waals surface area contributed by atoms with Gasteiger partial charge in [0.25, 0.3) is 5.91 Å². The Labute approximate surface area is 119 Å². The van der Waals surface area contributed by atoms with Crippen LogP contribution in [0.25, 0.3) is 0 Å². The number of hydrogen-bond donors (Lipinski definition) is 2. The molecule has 1 aromatic carbocycles. The van der Waals surface area contributed by atoms with E-state index in [1.807, 2.05) is 12.1 Å². The minimum atomic E-state index is -0.646. The van der Waals surface area contributed by atoms with Gasteiger partial charge in [-0.1, -0.05) is 12.0 Å². The summed E-state index contributed by atoms with van der Waals surface area (Å²) in [7, 11) is 1.57. The first-order valence-corrected chi connectivity index (χ1v) is 6.37. The normalized spacial score (nSPS) is 11.3. The smallest absolute Gasteiger partial charge is 0.261 e. The summed E-state index contributed by atoms with van der Waals surface area (Å²) in [4.78, 5) is 11.7. The SMILES string of the molecule is C#CCNC(=O)C(C)Oc1cc(OC)ccc1CCN. The number of carbonyl (C=O) groups is 1. The van der Waals surface area contributed by atoms with E-state index < -0.39 is 6.10 Å². The van der Waals surface area contributed by atoms with Crippen molar-refractivity contribution in [1.82, 2.24) is 5.32 Å². The summed E-state index contributed by atoms with van der Waals surface area (Å²) in [6, 6.07) is 5.46. The van der Waals surface area contributed by atoms with Crippen molar-refractivity contribution >= 4 is 5.91 Å². The van der Waals surface area contributed by atoms with Crippen molar-refractivity contribution in [2.24, 2.45) is 5.73 Å². The van der Waals surface area contributed by atoms with E-state index in [-0.39, 0.29) is 12.5 Å². The highest BCUT2D eigenvalue weighted by atomic mass is 16.5. The molecule has 1 atom stereocenters. The van der Waals surface area contributed by atoms with Gasteiger partial charge in [0.2, 0.25) is 0 Å². The van der Waals surface area contributed by atoms with Crippen LogP contribution in [-0.4, -0.2) is 32.2 Å². The van der Waals surface area contributed by atoms with Gasteiger partial charge in [-0.05, 0) is 31.5 Å². The first kappa shape index (κ1) is 15.9. The van der Waals surface area contributed by atoms with E-state index in [0.29, 0.717) is 24.5 Å². The largest absolute Gasteiger partial charge is 0.497 e. The zero-order valence-corrected chi connectivity index (χ0v) is 11.8. The summed E-state index contributed by atoms with van der Waals surface area (Å²) in [6.45, 7) is 2.35. The van der Waals surface area contributed by atoms with E-state index in [4.69, 9.17) is 21.6 Å². The second kappa shape index (κ2) is 8.08. The van der Waals surface area contributed by atoms with Crippen LogP contribution in [0.1, 0.15) is 12.5 Å². The number of nitrogens with two attached hydrogens (primary N) is 1. The maximum atomic E-state index is 11.7. The van der Waals surface area contributed by atoms with Gasteiger partial charge in [-0.3, -0.25) is 4.79 Å². The predicted molar refractivity (Wildman–Crippen MR) is 77.7 cm³/mol. The van der Waals surface area contributed by atoms with Crippen LogP contribution in [0.3, 0.4) is 0 Å². The Morgan fingerprint density at radius 1 is 1.55 bits per heavy atom. The zero-order valence-electron chi connectivity index (χ0n) is 11.8. The third kappa shape index (κ3) is 4.48. The molecule has 0 bridgehead atoms. The zero-order chi connectivity index (χ0) is 15.0. The number of ether oxygens (including phenoxy) is 2. The molecule has 3 N–H and O–H groups in total. The lowest BCUT2D eigenvalue weighted by atomic mass is 10.1. The predicted octanol–water partition coefficient (Wildman–Crippen LogP) is 0.713. The molecule has 0 saturated carbocycles. The van der Waals surface area contributed by atoms with Crippen LogP contribution in [0, 0.1) is 12.3 Å². The number of benzene rings is 1. The Balaban J connectivity index is 2.83. The van der Waals surface area contributed by atoms with Gasteiger partial charge in [0.15, 0.2) is 6.10 Å². The molecular weight excluding hydrogens is 256 g/mol. The Kier molecular flexibility index (Phi) is 6.41. The molecule has 0 aliphatic heterocycles. The molecular formula is C15H20N2O3. The fourth-order valence-electron chi connectivity index (χ4n) is 1.66. The third-order valence-electron chi connectivity index (χ3n) is 2.73. The lowest BCUT2D eigenvalue weighted by molar-refractivity contribution is -0.127. The molecule has 0 saturated heterocycles. The molecule has 0 heterocycles. The number of amides is 1. The molecule has 1 amide bonds. The first-order valence-electron chi connectivity index (χ1n) is 6.37. The fraction of sp³-hybridized carbons (Fsp3) is 0.400. The molecule has 108 valence electrons. The van der Waals surface area contributed by atoms with E-state index in [1.165, 1.54) is 0 Å². The highest BCUT2D eigenvalue weighted by Crippen LogP contribution is 2.26. The van der Waals surface area contributed by atoms with Gasteiger partial charge < -0.3 is 20.5 Å². The van der Waals surface area contributed by atoms with E-state index in [1.54, 1.807) is 20.1 Å². The number of nitrogens with one attached hydrogen (secondary N) is 1. The summed E-state index contributed by atoms with van der Waals surface area (Å²) in [5.74, 6) is 3.34. The van der Waals surface area contributed by atoms with Gasteiger partial charge in [0.05, 0.1) is 13.7 Å². The van der Waals surface area contributed by atoms with Crippen LogP contribution < -0.4 is 20.5 Å². The molecule has 5 heteroatoms. The Morgan fingerprint density at radius 2 is 2.30 bits per heavy atom. The number of terminal acetylenes is 1. The third-order valence-corrected chi connectivity index (χ3v) is 2.73. The average Bonchev–Trinajstić information content (AvgIpc) is 2.46. The highest BCUT2D eigenvalue weighted by Gasteiger charge is 2.16. The van der Waals surface area contributed by atoms with Crippen molar-refractivity contribution in [1.29, 1.82) is 0 Å². The van der Waals surface area contributed by atoms with Crippen molar-refractivity contribution < 1.29 is 14.3 Å². The Morgan fingerprint density at radius 3 is 2.90 bits per heavy atom. The van der Waals surface area contributed by atoms with E-state index >= 15 is 0 Å². The lowest BCUT2D eigenvalue weighted by Crippen LogP contribution is -2.36. The summed E-state index contributed by atoms with van der Waals surface area (Å²) >= 11 is 0. The molecule has 0 spiro atoms. The monoisotopic (exact) mass is 276 g/mol. The van der Waals surface area contributed by atoms with Crippen LogP contribution in [-0.2, 0) is 11.2 Å². The van der Waals surface area contributed by atoms with Gasteiger partial charge in [-0.15, -0.1) is 6.42 Å². The topological polar surface area (TPSA) is 73.6 Å². The minimum Gasteiger partial charge on any atom is -0.497 e. The van der Waals surface area contributed by atoms with E-state index in [9.17, 15) is 4.79 Å². The summed E-state index contributed by atoms with van der Waals surface area (Å²) in [5, 5.41) is 2.58. The van der Waals surface area contributed by atoms with Gasteiger partial charge in [-0.25, -0.2) is 0 Å². The fourth-order valence-corrected chi connectivity index (χ4v) is 1.66. The summed E-state index contributed by atoms with van der Waals surface area (Å²) in [5.41, 5.74) is 6.50. The molecule has 0 aromatic heterocycles. The van der Waals surface area contributed by atoms with Crippen molar-refractivity contribution in [2.45, 2.75) is 19.4 Å². The van der Waals surface area contributed by atoms with Gasteiger partial charge in [0, 0.05) is 6.07 Å². The Bertz CT molecular complexity index is 494. The van der Waals surface area contributed by atoms with Gasteiger partial charge in [0.1, 0.15) is 11.5 Å². The average molecular weight is 276 g/mol. The minimum absolute atomic E-state index is 0.181. The quantitative estimate of drug-likeness (QED) is 0.719. The van der Waals surface area contributed by atoms with Gasteiger partial charge >= 0.3 is 0 Å². The molecule has 20 heavy (non-hydrogen) atoms. The van der Waals surface area contributed by atoms with E-state index in [2.05, 4.69) is 11.2 Å². The molecule has 5 nitrogen and oxygen atoms in total. The lowest BCUT2D eigenvalue weighted by Gasteiger charge is -2.17. The number of hydrogen-bond acceptors (Lipinski definition) is 4. The summed E-state index contributed by atoms with van der Waals surface area (Å²) in [6.07, 6.45) is 5.11. The highest BCUT2D eigenvalue weighted by molar-refractivity contribution is 5.81. The molecule has 0 radical (unpaired) electrons. The first-order chi connectivity index (χ1) is 9.62. The summed E-state index contributed by atoms with van der Waals surface area (Å²) < 4.78 is 10.8. The Hall–Kier alpha value is -2.19. The molecule has 0 aliphatic carbocycles. The van der Waals surface area contributed by atoms with Crippen molar-refractivity contribution in [3.8, 4) is 23.8 Å². The van der Waals surface area contributed by atoms with Crippen LogP contribution in [0.5, 0.6) is 11.5 Å². The standard InChI is InChI=1S/C15H20N2O3/c1-4-9-17-15(18)11(2)20-14-10-13(19-3)6-5-12(14)7-8-16/h1,5-6,10-11H,7-9,16H2,2-3H3,(H,17,18). The second-order valence-corrected chi connectivity index (χ2v) is 4.19. The number of methoxy groups -OCH3 is 1. The van der Waals surface area contributed by atoms with Crippen LogP contribution in [0.4, 0.5) is 0 Å². The maximum Gasteiger partial charge on any atom is 0.261 e. The van der Waals surface area contributed by atoms with Crippen LogP contribution >= 0.6 is 0 Å². The van der Waals surface area contributed by atoms with Crippen molar-refractivity contribution in [2.75, 3.05) is 20.2 Å². The molecule has 0 aliphatic rings. The molecule has 1 aromatic rings. The number of rotatable bonds is 7. The number of carbonyl (C=O) groups excluding carboxylic acids is 1. The van der Waals surface area contributed by atoms with E-state index in [0.717, 1.165) is 5.56 Å². The van der Waals surface area contributed by atoms with Crippen LogP contribution in [0.15, 0.2) is 18.2 Å². The second-order valence-electron chi connectivity index (χ2n) is 4.19.